The number of rotatable bonds is 16. The van der Waals surface area contributed by atoms with Crippen molar-refractivity contribution in [2.75, 3.05) is 0 Å². The lowest BCUT2D eigenvalue weighted by molar-refractivity contribution is 0.670. The van der Waals surface area contributed by atoms with Gasteiger partial charge in [-0.3, -0.25) is 0 Å². The van der Waals surface area contributed by atoms with Gasteiger partial charge in [0.1, 0.15) is 0 Å². The topological polar surface area (TPSA) is 0 Å². The molecule has 0 saturated heterocycles. The highest BCUT2D eigenvalue weighted by Gasteiger charge is 2.23. The second-order valence-corrected chi connectivity index (χ2v) is 22.8. The van der Waals surface area contributed by atoms with Gasteiger partial charge in [-0.2, -0.15) is 0 Å². The Balaban J connectivity index is 1.13. The van der Waals surface area contributed by atoms with E-state index in [0.717, 1.165) is 0 Å². The first-order chi connectivity index (χ1) is 25.4. The lowest BCUT2D eigenvalue weighted by atomic mass is 10.1. The van der Waals surface area contributed by atoms with Crippen molar-refractivity contribution in [2.24, 2.45) is 0 Å². The number of thiophene rings is 8. The molecule has 0 aliphatic heterocycles. The number of fused-ring (bicyclic) bond motifs is 1. The highest BCUT2D eigenvalue weighted by molar-refractivity contribution is 7.32. The standard InChI is InChI=1S/C44H44S8/c1-5-7-9-11-13-29-15-17-35(47-29)37-21-19-33(49-37)31-23-27(3)46-43(31)44-32(25-40(52-44)42-26-41-39(51-42)24-28(4)45-41)34-20-22-38(50-34)36-18-16-30(48-36)14-12-10-8-6-2/h15-26H,5-14H2,1-4H3. The molecule has 0 aromatic carbocycles. The summed E-state index contributed by atoms with van der Waals surface area (Å²) in [5.74, 6) is 0. The zero-order valence-electron chi connectivity index (χ0n) is 30.3. The Hall–Kier alpha value is -2.14. The van der Waals surface area contributed by atoms with E-state index in [2.05, 4.69) is 100 Å². The minimum absolute atomic E-state index is 1.20. The van der Waals surface area contributed by atoms with E-state index in [0.29, 0.717) is 0 Å². The second-order valence-electron chi connectivity index (χ2n) is 13.6. The molecule has 0 amide bonds. The van der Waals surface area contributed by atoms with Crippen molar-refractivity contribution in [3.8, 4) is 59.9 Å². The van der Waals surface area contributed by atoms with Crippen molar-refractivity contribution >= 4 is 100 Å². The summed E-state index contributed by atoms with van der Waals surface area (Å²) in [5.41, 5.74) is 2.77. The van der Waals surface area contributed by atoms with Crippen LogP contribution in [-0.4, -0.2) is 0 Å². The first-order valence-electron chi connectivity index (χ1n) is 18.6. The third-order valence-corrected chi connectivity index (χ3v) is 19.1. The SMILES string of the molecule is CCCCCCc1ccc(-c2ccc(-c3cc(C)sc3-c3sc(-c4cc5sc(C)cc5s4)cc3-c3ccc(-c4ccc(CCCCCC)s4)s3)s2)s1. The zero-order valence-corrected chi connectivity index (χ0v) is 36.8. The van der Waals surface area contributed by atoms with Gasteiger partial charge in [0.05, 0.1) is 9.75 Å². The molecule has 0 nitrogen and oxygen atoms in total. The van der Waals surface area contributed by atoms with E-state index in [1.54, 1.807) is 0 Å². The molecule has 0 unspecified atom stereocenters. The molecule has 8 aromatic heterocycles. The second kappa shape index (κ2) is 16.7. The van der Waals surface area contributed by atoms with Gasteiger partial charge in [-0.1, -0.05) is 52.4 Å². The fourth-order valence-corrected chi connectivity index (χ4v) is 16.0. The van der Waals surface area contributed by atoms with Crippen LogP contribution in [0.2, 0.25) is 0 Å². The van der Waals surface area contributed by atoms with Crippen LogP contribution in [0, 0.1) is 13.8 Å². The fraction of sp³-hybridized carbons (Fsp3) is 0.318. The van der Waals surface area contributed by atoms with Crippen LogP contribution in [0.5, 0.6) is 0 Å². The summed E-state index contributed by atoms with van der Waals surface area (Å²) in [7, 11) is 0. The van der Waals surface area contributed by atoms with Gasteiger partial charge in [-0.25, -0.2) is 0 Å². The van der Waals surface area contributed by atoms with Crippen LogP contribution in [0.25, 0.3) is 69.3 Å². The molecular weight excluding hydrogens is 785 g/mol. The van der Waals surface area contributed by atoms with Crippen LogP contribution in [0.4, 0.5) is 0 Å². The van der Waals surface area contributed by atoms with Crippen molar-refractivity contribution in [1.29, 1.82) is 0 Å². The molecule has 0 aliphatic carbocycles. The lowest BCUT2D eigenvalue weighted by Gasteiger charge is -2.03. The van der Waals surface area contributed by atoms with Crippen molar-refractivity contribution in [2.45, 2.75) is 91.9 Å². The number of unbranched alkanes of at least 4 members (excludes halogenated alkanes) is 6. The molecule has 8 heteroatoms. The van der Waals surface area contributed by atoms with Crippen LogP contribution in [0.15, 0.2) is 72.8 Å². The van der Waals surface area contributed by atoms with Crippen LogP contribution < -0.4 is 0 Å². The normalized spacial score (nSPS) is 11.8. The Morgan fingerprint density at radius 2 is 0.846 bits per heavy atom. The van der Waals surface area contributed by atoms with E-state index >= 15 is 0 Å². The Kier molecular flexibility index (Phi) is 11.8. The number of hydrogen-bond donors (Lipinski definition) is 0. The lowest BCUT2D eigenvalue weighted by Crippen LogP contribution is -1.80. The predicted octanol–water partition coefficient (Wildman–Crippen LogP) is 18.2. The van der Waals surface area contributed by atoms with Gasteiger partial charge >= 0.3 is 0 Å². The third-order valence-electron chi connectivity index (χ3n) is 9.47. The predicted molar refractivity (Wildman–Crippen MR) is 245 cm³/mol. The van der Waals surface area contributed by atoms with Crippen LogP contribution in [0.3, 0.4) is 0 Å². The van der Waals surface area contributed by atoms with Gasteiger partial charge in [-0.05, 0) is 112 Å². The molecule has 0 radical (unpaired) electrons. The Morgan fingerprint density at radius 1 is 0.365 bits per heavy atom. The summed E-state index contributed by atoms with van der Waals surface area (Å²) in [6.45, 7) is 9.08. The maximum atomic E-state index is 2.50. The summed E-state index contributed by atoms with van der Waals surface area (Å²) >= 11 is 15.7. The van der Waals surface area contributed by atoms with Crippen molar-refractivity contribution in [3.05, 3.63) is 92.3 Å². The fourth-order valence-electron chi connectivity index (χ4n) is 6.78. The molecule has 0 aliphatic rings. The molecule has 8 heterocycles. The van der Waals surface area contributed by atoms with Gasteiger partial charge < -0.3 is 0 Å². The highest BCUT2D eigenvalue weighted by atomic mass is 32.1. The molecule has 8 aromatic rings. The van der Waals surface area contributed by atoms with E-state index in [9.17, 15) is 0 Å². The van der Waals surface area contributed by atoms with Crippen LogP contribution >= 0.6 is 90.7 Å². The summed E-state index contributed by atoms with van der Waals surface area (Å²) in [4.78, 5) is 19.7. The van der Waals surface area contributed by atoms with Crippen LogP contribution in [0.1, 0.15) is 84.7 Å². The minimum Gasteiger partial charge on any atom is -0.140 e. The Labute approximate surface area is 341 Å². The largest absolute Gasteiger partial charge is 0.140 e. The quantitative estimate of drug-likeness (QED) is 0.0851. The third kappa shape index (κ3) is 8.11. The van der Waals surface area contributed by atoms with E-state index in [1.165, 1.54) is 153 Å². The first kappa shape index (κ1) is 36.8. The average molecular weight is 829 g/mol. The van der Waals surface area contributed by atoms with E-state index < -0.39 is 0 Å². The maximum Gasteiger partial charge on any atom is 0.0542 e. The average Bonchev–Trinajstić information content (AvgIpc) is 3.97. The van der Waals surface area contributed by atoms with Gasteiger partial charge in [0.25, 0.3) is 0 Å². The Bertz CT molecular complexity index is 2350. The Morgan fingerprint density at radius 3 is 1.44 bits per heavy atom. The van der Waals surface area contributed by atoms with E-state index in [1.807, 2.05) is 90.7 Å². The van der Waals surface area contributed by atoms with Gasteiger partial charge in [0.15, 0.2) is 0 Å². The van der Waals surface area contributed by atoms with E-state index in [-0.39, 0.29) is 0 Å². The zero-order chi connectivity index (χ0) is 35.6. The van der Waals surface area contributed by atoms with Crippen molar-refractivity contribution in [1.82, 2.24) is 0 Å². The number of hydrogen-bond acceptors (Lipinski definition) is 8. The molecule has 52 heavy (non-hydrogen) atoms. The minimum atomic E-state index is 1.20. The van der Waals surface area contributed by atoms with Gasteiger partial charge in [0, 0.05) is 79.1 Å². The molecule has 0 atom stereocenters. The molecule has 0 N–H and O–H groups in total. The van der Waals surface area contributed by atoms with Crippen molar-refractivity contribution < 1.29 is 0 Å². The number of aryl methyl sites for hydroxylation is 4. The molecule has 0 spiro atoms. The summed E-state index contributed by atoms with van der Waals surface area (Å²) in [6, 6.07) is 28.6. The van der Waals surface area contributed by atoms with Crippen molar-refractivity contribution in [3.63, 3.8) is 0 Å². The smallest absolute Gasteiger partial charge is 0.0542 e. The summed E-state index contributed by atoms with van der Waals surface area (Å²) in [5, 5.41) is 0. The monoisotopic (exact) mass is 828 g/mol. The summed E-state index contributed by atoms with van der Waals surface area (Å²) in [6.07, 6.45) is 13.0. The molecule has 8 rings (SSSR count). The maximum absolute atomic E-state index is 2.50. The molecule has 0 bridgehead atoms. The molecular formula is C44H44S8. The van der Waals surface area contributed by atoms with Gasteiger partial charge in [-0.15, -0.1) is 90.7 Å². The van der Waals surface area contributed by atoms with Crippen LogP contribution in [-0.2, 0) is 12.8 Å². The molecule has 0 saturated carbocycles. The first-order valence-corrected chi connectivity index (χ1v) is 25.1. The molecule has 0 fully saturated rings. The molecule has 268 valence electrons. The highest BCUT2D eigenvalue weighted by Crippen LogP contribution is 2.54. The van der Waals surface area contributed by atoms with Gasteiger partial charge in [0.2, 0.25) is 0 Å². The summed E-state index contributed by atoms with van der Waals surface area (Å²) < 4.78 is 2.82. The van der Waals surface area contributed by atoms with E-state index in [4.69, 9.17) is 0 Å².